The van der Waals surface area contributed by atoms with Gasteiger partial charge in [0.05, 0.1) is 15.5 Å². The molecule has 2 aromatic heterocycles. The van der Waals surface area contributed by atoms with E-state index in [0.29, 0.717) is 15.0 Å². The van der Waals surface area contributed by atoms with Crippen molar-refractivity contribution in [2.75, 3.05) is 6.54 Å². The van der Waals surface area contributed by atoms with Gasteiger partial charge in [-0.1, -0.05) is 17.7 Å². The molecule has 0 radical (unpaired) electrons. The summed E-state index contributed by atoms with van der Waals surface area (Å²) >= 11 is 7.66. The molecule has 130 valence electrons. The minimum absolute atomic E-state index is 0.0140. The van der Waals surface area contributed by atoms with Crippen LogP contribution in [-0.2, 0) is 14.8 Å². The van der Waals surface area contributed by atoms with Crippen molar-refractivity contribution in [3.63, 3.8) is 0 Å². The maximum absolute atomic E-state index is 12.5. The van der Waals surface area contributed by atoms with Crippen molar-refractivity contribution in [3.8, 4) is 0 Å². The number of amidine groups is 1. The minimum atomic E-state index is -3.96. The van der Waals surface area contributed by atoms with Crippen molar-refractivity contribution in [1.82, 2.24) is 4.90 Å². The van der Waals surface area contributed by atoms with Gasteiger partial charge in [0, 0.05) is 12.6 Å². The van der Waals surface area contributed by atoms with Gasteiger partial charge in [0.15, 0.2) is 5.17 Å². The second-order valence-electron chi connectivity index (χ2n) is 4.74. The van der Waals surface area contributed by atoms with E-state index in [0.717, 1.165) is 23.1 Å². The average Bonchev–Trinajstić information content (AvgIpc) is 3.26. The SMILES string of the molecule is C=CCN1C(=O)C(=Cc2ccco2)SC1=NS(=O)(=O)c1ccc(Cl)s1. The highest BCUT2D eigenvalue weighted by molar-refractivity contribution is 8.19. The lowest BCUT2D eigenvalue weighted by Gasteiger charge is -2.12. The van der Waals surface area contributed by atoms with Crippen LogP contribution in [0, 0.1) is 0 Å². The Morgan fingerprint density at radius 3 is 2.76 bits per heavy atom. The number of thioether (sulfide) groups is 1. The van der Waals surface area contributed by atoms with Gasteiger partial charge in [-0.2, -0.15) is 8.42 Å². The van der Waals surface area contributed by atoms with Crippen LogP contribution >= 0.6 is 34.7 Å². The molecule has 6 nitrogen and oxygen atoms in total. The number of hydrogen-bond acceptors (Lipinski definition) is 6. The highest BCUT2D eigenvalue weighted by atomic mass is 35.5. The Morgan fingerprint density at radius 1 is 1.36 bits per heavy atom. The van der Waals surface area contributed by atoms with Crippen LogP contribution in [0.4, 0.5) is 0 Å². The van der Waals surface area contributed by atoms with Gasteiger partial charge in [-0.3, -0.25) is 9.69 Å². The topological polar surface area (TPSA) is 80.0 Å². The lowest BCUT2D eigenvalue weighted by atomic mass is 10.3. The maximum Gasteiger partial charge on any atom is 0.294 e. The predicted molar refractivity (Wildman–Crippen MR) is 100 cm³/mol. The molecular weight excluding hydrogens is 404 g/mol. The third-order valence-corrected chi connectivity index (χ3v) is 7.11. The summed E-state index contributed by atoms with van der Waals surface area (Å²) in [5.41, 5.74) is 0. The number of carbonyl (C=O) groups excluding carboxylic acids is 1. The number of thiophene rings is 1. The molecule has 1 aliphatic rings. The summed E-state index contributed by atoms with van der Waals surface area (Å²) in [6.45, 7) is 3.73. The summed E-state index contributed by atoms with van der Waals surface area (Å²) in [6.07, 6.45) is 4.52. The van der Waals surface area contributed by atoms with E-state index >= 15 is 0 Å². The molecule has 0 N–H and O–H groups in total. The number of hydrogen-bond donors (Lipinski definition) is 0. The highest BCUT2D eigenvalue weighted by Gasteiger charge is 2.34. The quantitative estimate of drug-likeness (QED) is 0.548. The summed E-state index contributed by atoms with van der Waals surface area (Å²) in [5.74, 6) is 0.128. The molecule has 0 saturated carbocycles. The molecule has 1 amide bonds. The molecule has 1 aliphatic heterocycles. The molecule has 0 atom stereocenters. The Kier molecular flexibility index (Phi) is 5.19. The average molecular weight is 415 g/mol. The molecule has 1 saturated heterocycles. The molecular formula is C15H11ClN2O4S3. The van der Waals surface area contributed by atoms with Gasteiger partial charge in [-0.05, 0) is 36.0 Å². The first-order valence-electron chi connectivity index (χ1n) is 6.87. The zero-order valence-corrected chi connectivity index (χ0v) is 15.8. The summed E-state index contributed by atoms with van der Waals surface area (Å²) < 4.78 is 34.2. The molecule has 10 heteroatoms. The van der Waals surface area contributed by atoms with E-state index in [1.165, 1.54) is 29.4 Å². The van der Waals surface area contributed by atoms with E-state index in [-0.39, 0.29) is 21.8 Å². The first kappa shape index (κ1) is 18.0. The zero-order chi connectivity index (χ0) is 18.0. The second-order valence-corrected chi connectivity index (χ2v) is 9.29. The fourth-order valence-electron chi connectivity index (χ4n) is 1.95. The normalized spacial score (nSPS) is 18.4. The van der Waals surface area contributed by atoms with Crippen molar-refractivity contribution < 1.29 is 17.6 Å². The van der Waals surface area contributed by atoms with Crippen LogP contribution in [0.5, 0.6) is 0 Å². The van der Waals surface area contributed by atoms with Crippen molar-refractivity contribution in [1.29, 1.82) is 0 Å². The van der Waals surface area contributed by atoms with Crippen molar-refractivity contribution in [2.45, 2.75) is 4.21 Å². The highest BCUT2D eigenvalue weighted by Crippen LogP contribution is 2.34. The Bertz CT molecular complexity index is 974. The lowest BCUT2D eigenvalue weighted by Crippen LogP contribution is -2.29. The third kappa shape index (κ3) is 3.90. The van der Waals surface area contributed by atoms with Gasteiger partial charge in [0.25, 0.3) is 15.9 Å². The van der Waals surface area contributed by atoms with E-state index in [1.54, 1.807) is 18.2 Å². The Balaban J connectivity index is 1.99. The fourth-order valence-corrected chi connectivity index (χ4v) is 5.58. The molecule has 0 bridgehead atoms. The fraction of sp³-hybridized carbons (Fsp3) is 0.0667. The smallest absolute Gasteiger partial charge is 0.294 e. The number of furan rings is 1. The summed E-state index contributed by atoms with van der Waals surface area (Å²) in [4.78, 5) is 14.1. The Labute approximate surface area is 157 Å². The van der Waals surface area contributed by atoms with Gasteiger partial charge >= 0.3 is 0 Å². The number of rotatable bonds is 5. The summed E-state index contributed by atoms with van der Waals surface area (Å²) in [6, 6.07) is 6.25. The predicted octanol–water partition coefficient (Wildman–Crippen LogP) is 3.84. The summed E-state index contributed by atoms with van der Waals surface area (Å²) in [5, 5.41) is 0.0622. The van der Waals surface area contributed by atoms with Gasteiger partial charge in [-0.15, -0.1) is 22.3 Å². The number of carbonyl (C=O) groups is 1. The number of nitrogens with zero attached hydrogens (tertiary/aromatic N) is 2. The first-order chi connectivity index (χ1) is 11.9. The van der Waals surface area contributed by atoms with E-state index < -0.39 is 10.0 Å². The molecule has 1 fully saturated rings. The Hall–Kier alpha value is -1.81. The van der Waals surface area contributed by atoms with E-state index in [1.807, 2.05) is 0 Å². The standard InChI is InChI=1S/C15H11ClN2O4S3/c1-2-7-18-14(19)11(9-10-4-3-8-22-10)23-15(18)17-25(20,21)13-6-5-12(16)24-13/h2-6,8-9H,1,7H2. The molecule has 0 aromatic carbocycles. The van der Waals surface area contributed by atoms with Crippen LogP contribution in [0.15, 0.2) is 61.1 Å². The number of amides is 1. The van der Waals surface area contributed by atoms with E-state index in [4.69, 9.17) is 16.0 Å². The van der Waals surface area contributed by atoms with Crippen molar-refractivity contribution in [3.05, 3.63) is 58.2 Å². The van der Waals surface area contributed by atoms with Gasteiger partial charge in [0.1, 0.15) is 9.97 Å². The molecule has 3 heterocycles. The second kappa shape index (κ2) is 7.20. The van der Waals surface area contributed by atoms with Gasteiger partial charge in [0.2, 0.25) is 0 Å². The van der Waals surface area contributed by atoms with E-state index in [2.05, 4.69) is 11.0 Å². The molecule has 25 heavy (non-hydrogen) atoms. The molecule has 3 rings (SSSR count). The van der Waals surface area contributed by atoms with Crippen LogP contribution in [0.25, 0.3) is 6.08 Å². The molecule has 0 unspecified atom stereocenters. The first-order valence-corrected chi connectivity index (χ1v) is 10.3. The van der Waals surface area contributed by atoms with Crippen LogP contribution in [0.1, 0.15) is 5.76 Å². The van der Waals surface area contributed by atoms with Crippen LogP contribution in [0.3, 0.4) is 0 Å². The van der Waals surface area contributed by atoms with E-state index in [9.17, 15) is 13.2 Å². The van der Waals surface area contributed by atoms with Crippen molar-refractivity contribution in [2.24, 2.45) is 4.40 Å². The summed E-state index contributed by atoms with van der Waals surface area (Å²) in [7, 11) is -3.96. The van der Waals surface area contributed by atoms with Gasteiger partial charge in [-0.25, -0.2) is 0 Å². The molecule has 2 aromatic rings. The largest absolute Gasteiger partial charge is 0.465 e. The third-order valence-electron chi connectivity index (χ3n) is 3.02. The molecule has 0 aliphatic carbocycles. The molecule has 0 spiro atoms. The number of halogens is 1. The Morgan fingerprint density at radius 2 is 2.16 bits per heavy atom. The van der Waals surface area contributed by atoms with Crippen LogP contribution in [0.2, 0.25) is 4.34 Å². The lowest BCUT2D eigenvalue weighted by molar-refractivity contribution is -0.121. The van der Waals surface area contributed by atoms with Crippen molar-refractivity contribution >= 4 is 61.9 Å². The van der Waals surface area contributed by atoms with Crippen LogP contribution in [-0.4, -0.2) is 30.9 Å². The maximum atomic E-state index is 12.5. The minimum Gasteiger partial charge on any atom is -0.465 e. The van der Waals surface area contributed by atoms with Gasteiger partial charge < -0.3 is 4.42 Å². The monoisotopic (exact) mass is 414 g/mol. The van der Waals surface area contributed by atoms with Crippen LogP contribution < -0.4 is 0 Å². The number of sulfonamides is 1. The zero-order valence-electron chi connectivity index (χ0n) is 12.6.